The van der Waals surface area contributed by atoms with Gasteiger partial charge in [0.1, 0.15) is 0 Å². The molecule has 0 aliphatic carbocycles. The molecule has 15 heavy (non-hydrogen) atoms. The van der Waals surface area contributed by atoms with Gasteiger partial charge in [-0.25, -0.2) is 0 Å². The second-order valence-electron chi connectivity index (χ2n) is 5.28. The lowest BCUT2D eigenvalue weighted by molar-refractivity contribution is 0.107. The molecule has 0 spiro atoms. The number of rotatable bonds is 3. The quantitative estimate of drug-likeness (QED) is 0.738. The molecule has 3 nitrogen and oxygen atoms in total. The van der Waals surface area contributed by atoms with Crippen LogP contribution in [0.2, 0.25) is 0 Å². The number of piperazine rings is 1. The fourth-order valence-electron chi connectivity index (χ4n) is 2.81. The van der Waals surface area contributed by atoms with E-state index in [-0.39, 0.29) is 0 Å². The minimum atomic E-state index is 0.781. The van der Waals surface area contributed by atoms with E-state index in [1.165, 1.54) is 52.1 Å². The summed E-state index contributed by atoms with van der Waals surface area (Å²) in [5, 5.41) is 3.46. The van der Waals surface area contributed by atoms with E-state index in [1.54, 1.807) is 0 Å². The van der Waals surface area contributed by atoms with Gasteiger partial charge in [0.2, 0.25) is 0 Å². The molecule has 2 saturated heterocycles. The van der Waals surface area contributed by atoms with Gasteiger partial charge in [-0.05, 0) is 45.8 Å². The van der Waals surface area contributed by atoms with E-state index in [2.05, 4.69) is 29.1 Å². The van der Waals surface area contributed by atoms with Crippen LogP contribution in [-0.4, -0.2) is 62.2 Å². The molecule has 0 aromatic carbocycles. The first kappa shape index (κ1) is 11.4. The van der Waals surface area contributed by atoms with Crippen molar-refractivity contribution in [3.05, 3.63) is 0 Å². The van der Waals surface area contributed by atoms with Crippen molar-refractivity contribution in [3.63, 3.8) is 0 Å². The van der Waals surface area contributed by atoms with E-state index in [0.29, 0.717) is 0 Å². The molecule has 0 aromatic rings. The third-order valence-electron chi connectivity index (χ3n) is 4.00. The maximum absolute atomic E-state index is 3.46. The second-order valence-corrected chi connectivity index (χ2v) is 5.28. The lowest BCUT2D eigenvalue weighted by Gasteiger charge is -2.37. The fourth-order valence-corrected chi connectivity index (χ4v) is 2.81. The highest BCUT2D eigenvalue weighted by atomic mass is 15.3. The average Bonchev–Trinajstić information content (AvgIpc) is 2.71. The summed E-state index contributed by atoms with van der Waals surface area (Å²) in [4.78, 5) is 5.10. The molecule has 2 atom stereocenters. The van der Waals surface area contributed by atoms with Crippen molar-refractivity contribution in [2.24, 2.45) is 5.92 Å². The van der Waals surface area contributed by atoms with Crippen molar-refractivity contribution < 1.29 is 0 Å². The van der Waals surface area contributed by atoms with Crippen LogP contribution in [0.25, 0.3) is 0 Å². The Morgan fingerprint density at radius 1 is 1.27 bits per heavy atom. The van der Waals surface area contributed by atoms with Gasteiger partial charge in [0.15, 0.2) is 0 Å². The van der Waals surface area contributed by atoms with Crippen LogP contribution in [0.15, 0.2) is 0 Å². The summed E-state index contributed by atoms with van der Waals surface area (Å²) in [5.41, 5.74) is 0. The first-order valence-electron chi connectivity index (χ1n) is 6.39. The Morgan fingerprint density at radius 3 is 2.60 bits per heavy atom. The number of nitrogens with one attached hydrogen (secondary N) is 1. The molecule has 2 fully saturated rings. The fraction of sp³-hybridized carbons (Fsp3) is 1.00. The van der Waals surface area contributed by atoms with Crippen LogP contribution < -0.4 is 5.32 Å². The number of hydrogen-bond acceptors (Lipinski definition) is 3. The molecule has 0 bridgehead atoms. The van der Waals surface area contributed by atoms with E-state index < -0.39 is 0 Å². The summed E-state index contributed by atoms with van der Waals surface area (Å²) < 4.78 is 0. The molecule has 2 heterocycles. The zero-order valence-corrected chi connectivity index (χ0v) is 10.2. The Bertz CT molecular complexity index is 181. The summed E-state index contributed by atoms with van der Waals surface area (Å²) in [6.45, 7) is 9.90. The third kappa shape index (κ3) is 3.16. The summed E-state index contributed by atoms with van der Waals surface area (Å²) in [6, 6.07) is 0.781. The minimum Gasteiger partial charge on any atom is -0.316 e. The Balaban J connectivity index is 1.72. The highest BCUT2D eigenvalue weighted by molar-refractivity contribution is 4.80. The maximum Gasteiger partial charge on any atom is 0.0113 e. The van der Waals surface area contributed by atoms with Crippen LogP contribution in [0.1, 0.15) is 19.8 Å². The summed E-state index contributed by atoms with van der Waals surface area (Å²) in [7, 11) is 2.23. The smallest absolute Gasteiger partial charge is 0.0113 e. The number of nitrogens with zero attached hydrogens (tertiary/aromatic N) is 2. The standard InChI is InChI=1S/C12H25N3/c1-11(9-12-3-4-13-10-12)15-7-5-14(2)6-8-15/h11-13H,3-10H2,1-2H3. The number of likely N-dealkylation sites (N-methyl/N-ethyl adjacent to an activating group) is 1. The molecule has 0 amide bonds. The van der Waals surface area contributed by atoms with Crippen LogP contribution in [0, 0.1) is 5.92 Å². The van der Waals surface area contributed by atoms with Crippen molar-refractivity contribution in [1.82, 2.24) is 15.1 Å². The van der Waals surface area contributed by atoms with E-state index in [9.17, 15) is 0 Å². The molecule has 2 aliphatic rings. The van der Waals surface area contributed by atoms with Crippen LogP contribution in [0.3, 0.4) is 0 Å². The second kappa shape index (κ2) is 5.28. The zero-order chi connectivity index (χ0) is 10.7. The molecule has 0 radical (unpaired) electrons. The molecule has 2 rings (SSSR count). The van der Waals surface area contributed by atoms with Gasteiger partial charge in [-0.15, -0.1) is 0 Å². The molecule has 3 heteroatoms. The lowest BCUT2D eigenvalue weighted by atomic mass is 9.99. The van der Waals surface area contributed by atoms with Crippen LogP contribution in [0.4, 0.5) is 0 Å². The van der Waals surface area contributed by atoms with Crippen molar-refractivity contribution in [2.75, 3.05) is 46.3 Å². The normalized spacial score (nSPS) is 32.0. The van der Waals surface area contributed by atoms with Gasteiger partial charge in [-0.2, -0.15) is 0 Å². The average molecular weight is 211 g/mol. The van der Waals surface area contributed by atoms with Gasteiger partial charge in [-0.1, -0.05) is 0 Å². The molecular formula is C12H25N3. The lowest BCUT2D eigenvalue weighted by Crippen LogP contribution is -2.48. The Morgan fingerprint density at radius 2 is 2.00 bits per heavy atom. The van der Waals surface area contributed by atoms with E-state index in [0.717, 1.165) is 12.0 Å². The third-order valence-corrected chi connectivity index (χ3v) is 4.00. The summed E-state index contributed by atoms with van der Waals surface area (Å²) in [6.07, 6.45) is 2.77. The van der Waals surface area contributed by atoms with Crippen molar-refractivity contribution >= 4 is 0 Å². The number of hydrogen-bond donors (Lipinski definition) is 1. The molecule has 88 valence electrons. The molecule has 2 aliphatic heterocycles. The van der Waals surface area contributed by atoms with Gasteiger partial charge < -0.3 is 10.2 Å². The van der Waals surface area contributed by atoms with Gasteiger partial charge in [-0.3, -0.25) is 4.90 Å². The summed E-state index contributed by atoms with van der Waals surface area (Å²) >= 11 is 0. The van der Waals surface area contributed by atoms with E-state index in [1.807, 2.05) is 0 Å². The van der Waals surface area contributed by atoms with Crippen molar-refractivity contribution in [2.45, 2.75) is 25.8 Å². The highest BCUT2D eigenvalue weighted by Gasteiger charge is 2.23. The Hall–Kier alpha value is -0.120. The SMILES string of the molecule is CC(CC1CCNC1)N1CCN(C)CC1. The van der Waals surface area contributed by atoms with E-state index in [4.69, 9.17) is 0 Å². The van der Waals surface area contributed by atoms with Crippen LogP contribution >= 0.6 is 0 Å². The largest absolute Gasteiger partial charge is 0.316 e. The molecule has 0 aromatic heterocycles. The van der Waals surface area contributed by atoms with Crippen molar-refractivity contribution in [1.29, 1.82) is 0 Å². The van der Waals surface area contributed by atoms with E-state index >= 15 is 0 Å². The molecule has 0 saturated carbocycles. The zero-order valence-electron chi connectivity index (χ0n) is 10.2. The monoisotopic (exact) mass is 211 g/mol. The molecule has 2 unspecified atom stereocenters. The van der Waals surface area contributed by atoms with Gasteiger partial charge in [0.25, 0.3) is 0 Å². The van der Waals surface area contributed by atoms with Gasteiger partial charge in [0, 0.05) is 32.2 Å². The topological polar surface area (TPSA) is 18.5 Å². The predicted octanol–water partition coefficient (Wildman–Crippen LogP) is 0.622. The minimum absolute atomic E-state index is 0.781. The predicted molar refractivity (Wildman–Crippen MR) is 64.1 cm³/mol. The van der Waals surface area contributed by atoms with Crippen molar-refractivity contribution in [3.8, 4) is 0 Å². The van der Waals surface area contributed by atoms with Gasteiger partial charge in [0.05, 0.1) is 0 Å². The first-order valence-corrected chi connectivity index (χ1v) is 6.39. The maximum atomic E-state index is 3.46. The molecule has 1 N–H and O–H groups in total. The summed E-state index contributed by atoms with van der Waals surface area (Å²) in [5.74, 6) is 0.930. The van der Waals surface area contributed by atoms with Crippen LogP contribution in [-0.2, 0) is 0 Å². The highest BCUT2D eigenvalue weighted by Crippen LogP contribution is 2.18. The first-order chi connectivity index (χ1) is 7.25. The Labute approximate surface area is 93.8 Å². The van der Waals surface area contributed by atoms with Gasteiger partial charge >= 0.3 is 0 Å². The Kier molecular flexibility index (Phi) is 4.00. The van der Waals surface area contributed by atoms with Crippen LogP contribution in [0.5, 0.6) is 0 Å². The molecular weight excluding hydrogens is 186 g/mol.